The van der Waals surface area contributed by atoms with Gasteiger partial charge < -0.3 is 4.74 Å². The van der Waals surface area contributed by atoms with Crippen molar-refractivity contribution in [3.63, 3.8) is 0 Å². The normalized spacial score (nSPS) is 16.3. The van der Waals surface area contributed by atoms with E-state index in [0.29, 0.717) is 18.1 Å². The molecule has 1 aliphatic carbocycles. The Hall–Kier alpha value is -1.31. The molecule has 0 radical (unpaired) electrons. The van der Waals surface area contributed by atoms with Gasteiger partial charge in [-0.3, -0.25) is 0 Å². The molecule has 0 aliphatic heterocycles. The average molecular weight is 218 g/mol. The van der Waals surface area contributed by atoms with Gasteiger partial charge in [-0.05, 0) is 43.4 Å². The molecule has 2 nitrogen and oxygen atoms in total. The number of esters is 1. The van der Waals surface area contributed by atoms with Gasteiger partial charge in [0.15, 0.2) is 0 Å². The summed E-state index contributed by atoms with van der Waals surface area (Å²) >= 11 is 0. The summed E-state index contributed by atoms with van der Waals surface area (Å²) in [4.78, 5) is 11.6. The third kappa shape index (κ3) is 2.43. The second-order valence-corrected chi connectivity index (χ2v) is 4.33. The van der Waals surface area contributed by atoms with Gasteiger partial charge in [0, 0.05) is 0 Å². The average Bonchev–Trinajstić information content (AvgIpc) is 2.83. The lowest BCUT2D eigenvalue weighted by molar-refractivity contribution is 0.0526. The van der Waals surface area contributed by atoms with Crippen LogP contribution < -0.4 is 0 Å². The Bertz CT molecular complexity index is 365. The van der Waals surface area contributed by atoms with Crippen LogP contribution in [0.15, 0.2) is 24.3 Å². The maximum atomic E-state index is 11.6. The zero-order valence-electron chi connectivity index (χ0n) is 9.74. The van der Waals surface area contributed by atoms with Gasteiger partial charge in [-0.1, -0.05) is 25.0 Å². The molecule has 0 heterocycles. The number of hydrogen-bond acceptors (Lipinski definition) is 2. The van der Waals surface area contributed by atoms with E-state index in [0.717, 1.165) is 0 Å². The van der Waals surface area contributed by atoms with Gasteiger partial charge in [-0.15, -0.1) is 0 Å². The standard InChI is InChI=1S/C14H18O2/c1-2-16-14(15)13-9-5-8-12(10-13)11-6-3-4-7-11/h5,8-11H,2-4,6-7H2,1H3. The maximum absolute atomic E-state index is 11.6. The molecule has 0 amide bonds. The van der Waals surface area contributed by atoms with E-state index in [1.165, 1.54) is 31.2 Å². The zero-order chi connectivity index (χ0) is 11.4. The van der Waals surface area contributed by atoms with E-state index in [-0.39, 0.29) is 5.97 Å². The maximum Gasteiger partial charge on any atom is 0.338 e. The summed E-state index contributed by atoms with van der Waals surface area (Å²) in [7, 11) is 0. The van der Waals surface area contributed by atoms with E-state index in [9.17, 15) is 4.79 Å². The van der Waals surface area contributed by atoms with Crippen LogP contribution in [0.1, 0.15) is 54.4 Å². The Labute approximate surface area is 96.6 Å². The van der Waals surface area contributed by atoms with Gasteiger partial charge in [0.1, 0.15) is 0 Å². The highest BCUT2D eigenvalue weighted by Crippen LogP contribution is 2.34. The third-order valence-electron chi connectivity index (χ3n) is 3.22. The van der Waals surface area contributed by atoms with Crippen molar-refractivity contribution in [2.24, 2.45) is 0 Å². The molecule has 16 heavy (non-hydrogen) atoms. The molecular weight excluding hydrogens is 200 g/mol. The Kier molecular flexibility index (Phi) is 3.60. The van der Waals surface area contributed by atoms with Crippen molar-refractivity contribution in [1.29, 1.82) is 0 Å². The smallest absolute Gasteiger partial charge is 0.338 e. The van der Waals surface area contributed by atoms with Gasteiger partial charge in [0.05, 0.1) is 12.2 Å². The number of hydrogen-bond donors (Lipinski definition) is 0. The number of ether oxygens (including phenoxy) is 1. The minimum absolute atomic E-state index is 0.206. The van der Waals surface area contributed by atoms with Gasteiger partial charge in [-0.25, -0.2) is 4.79 Å². The van der Waals surface area contributed by atoms with Crippen molar-refractivity contribution in [2.45, 2.75) is 38.5 Å². The fourth-order valence-electron chi connectivity index (χ4n) is 2.39. The van der Waals surface area contributed by atoms with E-state index in [1.807, 2.05) is 25.1 Å². The Morgan fingerprint density at radius 3 is 2.81 bits per heavy atom. The molecule has 1 fully saturated rings. The molecule has 1 aromatic rings. The highest BCUT2D eigenvalue weighted by molar-refractivity contribution is 5.89. The first kappa shape index (κ1) is 11.2. The molecule has 0 aromatic heterocycles. The summed E-state index contributed by atoms with van der Waals surface area (Å²) in [5.74, 6) is 0.441. The molecule has 0 spiro atoms. The number of rotatable bonds is 3. The van der Waals surface area contributed by atoms with Crippen LogP contribution >= 0.6 is 0 Å². The van der Waals surface area contributed by atoms with Gasteiger partial charge >= 0.3 is 5.97 Å². The van der Waals surface area contributed by atoms with Crippen LogP contribution in [0.3, 0.4) is 0 Å². The number of carbonyl (C=O) groups is 1. The van der Waals surface area contributed by atoms with Crippen LogP contribution in [0.2, 0.25) is 0 Å². The largest absolute Gasteiger partial charge is 0.462 e. The van der Waals surface area contributed by atoms with Crippen LogP contribution in [-0.4, -0.2) is 12.6 Å². The summed E-state index contributed by atoms with van der Waals surface area (Å²) in [5.41, 5.74) is 1.98. The van der Waals surface area contributed by atoms with Crippen LogP contribution in [-0.2, 0) is 4.74 Å². The van der Waals surface area contributed by atoms with Crippen molar-refractivity contribution in [3.8, 4) is 0 Å². The van der Waals surface area contributed by atoms with Gasteiger partial charge in [0.2, 0.25) is 0 Å². The van der Waals surface area contributed by atoms with Crippen molar-refractivity contribution < 1.29 is 9.53 Å². The molecule has 0 N–H and O–H groups in total. The van der Waals surface area contributed by atoms with Crippen molar-refractivity contribution in [3.05, 3.63) is 35.4 Å². The molecule has 1 aliphatic rings. The third-order valence-corrected chi connectivity index (χ3v) is 3.22. The lowest BCUT2D eigenvalue weighted by Gasteiger charge is -2.10. The lowest BCUT2D eigenvalue weighted by atomic mass is 9.96. The highest BCUT2D eigenvalue weighted by atomic mass is 16.5. The molecule has 0 unspecified atom stereocenters. The van der Waals surface area contributed by atoms with Crippen molar-refractivity contribution >= 4 is 5.97 Å². The minimum Gasteiger partial charge on any atom is -0.462 e. The molecule has 0 atom stereocenters. The first-order chi connectivity index (χ1) is 7.81. The topological polar surface area (TPSA) is 26.3 Å². The Balaban J connectivity index is 2.15. The molecule has 1 saturated carbocycles. The van der Waals surface area contributed by atoms with Crippen LogP contribution in [0.5, 0.6) is 0 Å². The van der Waals surface area contributed by atoms with Crippen molar-refractivity contribution in [1.82, 2.24) is 0 Å². The summed E-state index contributed by atoms with van der Waals surface area (Å²) in [6, 6.07) is 7.91. The van der Waals surface area contributed by atoms with Crippen LogP contribution in [0.25, 0.3) is 0 Å². The SMILES string of the molecule is CCOC(=O)c1cccc(C2CCCC2)c1. The minimum atomic E-state index is -0.206. The molecular formula is C14H18O2. The molecule has 0 saturated heterocycles. The first-order valence-electron chi connectivity index (χ1n) is 6.08. The molecule has 86 valence electrons. The predicted molar refractivity (Wildman–Crippen MR) is 63.6 cm³/mol. The van der Waals surface area contributed by atoms with Gasteiger partial charge in [-0.2, -0.15) is 0 Å². The van der Waals surface area contributed by atoms with Crippen molar-refractivity contribution in [2.75, 3.05) is 6.61 Å². The van der Waals surface area contributed by atoms with E-state index in [1.54, 1.807) is 0 Å². The Morgan fingerprint density at radius 1 is 1.38 bits per heavy atom. The van der Waals surface area contributed by atoms with Gasteiger partial charge in [0.25, 0.3) is 0 Å². The summed E-state index contributed by atoms with van der Waals surface area (Å²) in [5, 5.41) is 0. The zero-order valence-corrected chi connectivity index (χ0v) is 9.74. The van der Waals surface area contributed by atoms with Crippen LogP contribution in [0.4, 0.5) is 0 Å². The highest BCUT2D eigenvalue weighted by Gasteiger charge is 2.18. The Morgan fingerprint density at radius 2 is 2.12 bits per heavy atom. The molecule has 2 heteroatoms. The first-order valence-corrected chi connectivity index (χ1v) is 6.08. The van der Waals surface area contributed by atoms with E-state index >= 15 is 0 Å². The molecule has 0 bridgehead atoms. The van der Waals surface area contributed by atoms with E-state index < -0.39 is 0 Å². The number of benzene rings is 1. The number of carbonyl (C=O) groups excluding carboxylic acids is 1. The predicted octanol–water partition coefficient (Wildman–Crippen LogP) is 3.52. The molecule has 1 aromatic carbocycles. The quantitative estimate of drug-likeness (QED) is 0.725. The fourth-order valence-corrected chi connectivity index (χ4v) is 2.39. The summed E-state index contributed by atoms with van der Waals surface area (Å²) in [6.45, 7) is 2.27. The van der Waals surface area contributed by atoms with Crippen LogP contribution in [0, 0.1) is 0 Å². The summed E-state index contributed by atoms with van der Waals surface area (Å²) in [6.07, 6.45) is 5.14. The summed E-state index contributed by atoms with van der Waals surface area (Å²) < 4.78 is 5.01. The fraction of sp³-hybridized carbons (Fsp3) is 0.500. The lowest BCUT2D eigenvalue weighted by Crippen LogP contribution is -2.05. The molecule has 2 rings (SSSR count). The second kappa shape index (κ2) is 5.15. The van der Waals surface area contributed by atoms with E-state index in [2.05, 4.69) is 6.07 Å². The van der Waals surface area contributed by atoms with E-state index in [4.69, 9.17) is 4.74 Å². The monoisotopic (exact) mass is 218 g/mol. The second-order valence-electron chi connectivity index (χ2n) is 4.33.